The van der Waals surface area contributed by atoms with E-state index in [2.05, 4.69) is 42.8 Å². The van der Waals surface area contributed by atoms with E-state index in [9.17, 15) is 14.4 Å². The van der Waals surface area contributed by atoms with Crippen LogP contribution in [-0.2, 0) is 33.3 Å². The first-order valence-electron chi connectivity index (χ1n) is 9.54. The number of hydrogen-bond donors (Lipinski definition) is 0. The molecule has 0 spiro atoms. The van der Waals surface area contributed by atoms with Gasteiger partial charge in [0.15, 0.2) is 39.1 Å². The van der Waals surface area contributed by atoms with Crippen LogP contribution >= 0.6 is 22.6 Å². The van der Waals surface area contributed by atoms with E-state index in [4.69, 9.17) is 18.9 Å². The molecular weight excluding hydrogens is 539 g/mol. The molecule has 4 rings (SSSR count). The van der Waals surface area contributed by atoms with Crippen LogP contribution in [0.3, 0.4) is 0 Å². The Morgan fingerprint density at radius 1 is 1.06 bits per heavy atom. The van der Waals surface area contributed by atoms with Gasteiger partial charge >= 0.3 is 17.9 Å². The normalized spacial score (nSPS) is 22.9. The summed E-state index contributed by atoms with van der Waals surface area (Å²) < 4.78 is 25.9. The van der Waals surface area contributed by atoms with E-state index in [0.29, 0.717) is 26.5 Å². The third-order valence-corrected chi connectivity index (χ3v) is 5.53. The average molecular weight is 558 g/mol. The molecule has 1 saturated heterocycles. The quantitative estimate of drug-likeness (QED) is 0.189. The lowest BCUT2D eigenvalue weighted by atomic mass is 10.1. The van der Waals surface area contributed by atoms with Gasteiger partial charge in [-0.05, 0) is 6.92 Å². The number of esters is 3. The number of carbonyl (C=O) groups excluding carboxylic acids is 3. The van der Waals surface area contributed by atoms with Gasteiger partial charge < -0.3 is 18.9 Å². The Kier molecular flexibility index (Phi) is 5.98. The average Bonchev–Trinajstić information content (AvgIpc) is 3.37. The predicted molar refractivity (Wildman–Crippen MR) is 113 cm³/mol. The maximum atomic E-state index is 11.8. The number of rotatable bonds is 5. The SMILES string of the molecule is CC(=O)OC[C@H]1O[C@@H](n2cnc3c2nc(I)n2c(C)nnc32)[C@H](OC(C)=O)[C@@H]1OC(C)=O. The van der Waals surface area contributed by atoms with Crippen molar-refractivity contribution in [1.82, 2.24) is 29.1 Å². The van der Waals surface area contributed by atoms with Crippen molar-refractivity contribution in [2.24, 2.45) is 0 Å². The molecule has 0 aliphatic carbocycles. The van der Waals surface area contributed by atoms with Gasteiger partial charge in [-0.15, -0.1) is 10.2 Å². The van der Waals surface area contributed by atoms with Crippen molar-refractivity contribution in [2.45, 2.75) is 52.2 Å². The summed E-state index contributed by atoms with van der Waals surface area (Å²) in [5.74, 6) is -1.08. The summed E-state index contributed by atoms with van der Waals surface area (Å²) in [5.41, 5.74) is 1.38. The van der Waals surface area contributed by atoms with Crippen molar-refractivity contribution in [3.05, 3.63) is 16.0 Å². The van der Waals surface area contributed by atoms with Gasteiger partial charge in [0.25, 0.3) is 0 Å². The summed E-state index contributed by atoms with van der Waals surface area (Å²) in [6.45, 7) is 5.30. The zero-order valence-corrected chi connectivity index (χ0v) is 19.7. The lowest BCUT2D eigenvalue weighted by Crippen LogP contribution is -2.40. The predicted octanol–water partition coefficient (Wildman–Crippen LogP) is 0.711. The molecule has 0 N–H and O–H groups in total. The first kappa shape index (κ1) is 22.3. The molecule has 14 heteroatoms. The van der Waals surface area contributed by atoms with E-state index in [-0.39, 0.29) is 6.61 Å². The van der Waals surface area contributed by atoms with E-state index >= 15 is 0 Å². The van der Waals surface area contributed by atoms with Crippen LogP contribution < -0.4 is 0 Å². The molecule has 0 unspecified atom stereocenters. The molecular formula is C18H19IN6O7. The summed E-state index contributed by atoms with van der Waals surface area (Å²) >= 11 is 2.05. The summed E-state index contributed by atoms with van der Waals surface area (Å²) in [5, 5.41) is 8.25. The summed E-state index contributed by atoms with van der Waals surface area (Å²) in [6, 6.07) is 0. The van der Waals surface area contributed by atoms with E-state index in [1.165, 1.54) is 27.1 Å². The minimum absolute atomic E-state index is 0.202. The first-order valence-corrected chi connectivity index (χ1v) is 10.6. The van der Waals surface area contributed by atoms with E-state index < -0.39 is 42.4 Å². The lowest BCUT2D eigenvalue weighted by Gasteiger charge is -2.23. The van der Waals surface area contributed by atoms with Crippen LogP contribution in [0.1, 0.15) is 32.8 Å². The van der Waals surface area contributed by atoms with Crippen LogP contribution in [-0.4, -0.2) is 72.0 Å². The number of halogens is 1. The van der Waals surface area contributed by atoms with Crippen LogP contribution in [0, 0.1) is 10.8 Å². The van der Waals surface area contributed by atoms with Gasteiger partial charge in [-0.1, -0.05) is 0 Å². The second kappa shape index (κ2) is 8.57. The smallest absolute Gasteiger partial charge is 0.303 e. The highest BCUT2D eigenvalue weighted by Crippen LogP contribution is 2.36. The van der Waals surface area contributed by atoms with Crippen LogP contribution in [0.5, 0.6) is 0 Å². The number of imidazole rings is 1. The Bertz CT molecular complexity index is 1220. The fourth-order valence-electron chi connectivity index (χ4n) is 3.60. The molecule has 3 aromatic rings. The summed E-state index contributed by atoms with van der Waals surface area (Å²) in [4.78, 5) is 43.9. The number of fused-ring (bicyclic) bond motifs is 3. The Morgan fingerprint density at radius 2 is 1.75 bits per heavy atom. The summed E-state index contributed by atoms with van der Waals surface area (Å²) in [6.07, 6.45) is -2.42. The molecule has 0 bridgehead atoms. The molecule has 4 atom stereocenters. The summed E-state index contributed by atoms with van der Waals surface area (Å²) in [7, 11) is 0. The fraction of sp³-hybridized carbons (Fsp3) is 0.500. The minimum atomic E-state index is -1.04. The van der Waals surface area contributed by atoms with Gasteiger partial charge in [-0.25, -0.2) is 9.97 Å². The standard InChI is InChI=1S/C18H19IN6O7/c1-7-22-23-16-12-15(21-18(19)25(7)16)24(6-20-12)17-14(31-10(4)28)13(30-9(3)27)11(32-17)5-29-8(2)26/h6,11,13-14,17H,5H2,1-4H3/t11-,13-,14-,17-/m1/s1. The van der Waals surface area contributed by atoms with Gasteiger partial charge in [-0.2, -0.15) is 0 Å². The van der Waals surface area contributed by atoms with Crippen molar-refractivity contribution >= 4 is 57.3 Å². The molecule has 0 saturated carbocycles. The van der Waals surface area contributed by atoms with Gasteiger partial charge in [0, 0.05) is 43.4 Å². The zero-order chi connectivity index (χ0) is 23.2. The van der Waals surface area contributed by atoms with Crippen molar-refractivity contribution < 1.29 is 33.3 Å². The number of aromatic nitrogens is 6. The third-order valence-electron chi connectivity index (χ3n) is 4.80. The van der Waals surface area contributed by atoms with Gasteiger partial charge in [0.2, 0.25) is 0 Å². The second-order valence-corrected chi connectivity index (χ2v) is 8.09. The van der Waals surface area contributed by atoms with Crippen LogP contribution in [0.15, 0.2) is 6.33 Å². The third kappa shape index (κ3) is 3.99. The van der Waals surface area contributed by atoms with Crippen molar-refractivity contribution in [2.75, 3.05) is 6.61 Å². The number of ether oxygens (including phenoxy) is 4. The second-order valence-electron chi connectivity index (χ2n) is 7.13. The Morgan fingerprint density at radius 3 is 2.41 bits per heavy atom. The number of carbonyl (C=O) groups is 3. The highest BCUT2D eigenvalue weighted by molar-refractivity contribution is 14.1. The first-order chi connectivity index (χ1) is 15.2. The molecule has 4 heterocycles. The topological polar surface area (TPSA) is 149 Å². The molecule has 1 aliphatic heterocycles. The molecule has 32 heavy (non-hydrogen) atoms. The molecule has 1 aliphatic rings. The minimum Gasteiger partial charge on any atom is -0.463 e. The van der Waals surface area contributed by atoms with Crippen molar-refractivity contribution in [1.29, 1.82) is 0 Å². The van der Waals surface area contributed by atoms with Gasteiger partial charge in [-0.3, -0.25) is 23.4 Å². The molecule has 3 aromatic heterocycles. The Labute approximate surface area is 194 Å². The highest BCUT2D eigenvalue weighted by Gasteiger charge is 2.51. The maximum Gasteiger partial charge on any atom is 0.303 e. The molecule has 13 nitrogen and oxygen atoms in total. The van der Waals surface area contributed by atoms with Gasteiger partial charge in [0.05, 0.1) is 6.33 Å². The van der Waals surface area contributed by atoms with E-state index in [1.807, 2.05) is 0 Å². The number of aryl methyl sites for hydroxylation is 1. The monoisotopic (exact) mass is 558 g/mol. The number of nitrogens with zero attached hydrogens (tertiary/aromatic N) is 6. The molecule has 0 aromatic carbocycles. The van der Waals surface area contributed by atoms with Crippen LogP contribution in [0.4, 0.5) is 0 Å². The molecule has 170 valence electrons. The zero-order valence-electron chi connectivity index (χ0n) is 17.5. The molecule has 0 radical (unpaired) electrons. The van der Waals surface area contributed by atoms with E-state index in [0.717, 1.165) is 0 Å². The van der Waals surface area contributed by atoms with Crippen LogP contribution in [0.2, 0.25) is 0 Å². The van der Waals surface area contributed by atoms with Crippen molar-refractivity contribution in [3.8, 4) is 0 Å². The Balaban J connectivity index is 1.80. The van der Waals surface area contributed by atoms with Crippen molar-refractivity contribution in [3.63, 3.8) is 0 Å². The van der Waals surface area contributed by atoms with Gasteiger partial charge in [0.1, 0.15) is 18.5 Å². The van der Waals surface area contributed by atoms with E-state index in [1.54, 1.807) is 15.9 Å². The highest BCUT2D eigenvalue weighted by atomic mass is 127. The van der Waals surface area contributed by atoms with Crippen LogP contribution in [0.25, 0.3) is 16.8 Å². The molecule has 0 amide bonds. The largest absolute Gasteiger partial charge is 0.463 e. The lowest BCUT2D eigenvalue weighted by molar-refractivity contribution is -0.166. The maximum absolute atomic E-state index is 11.8. The molecule has 1 fully saturated rings. The number of hydrogen-bond acceptors (Lipinski definition) is 11. The Hall–Kier alpha value is -2.88. The fourth-order valence-corrected chi connectivity index (χ4v) is 4.41.